The first-order valence-corrected chi connectivity index (χ1v) is 11.7. The molecule has 1 unspecified atom stereocenters. The molecule has 1 saturated heterocycles. The molecular weight excluding hydrogens is 414 g/mol. The molecule has 8 heteroatoms. The Hall–Kier alpha value is -3.44. The van der Waals surface area contributed by atoms with Crippen molar-refractivity contribution < 1.29 is 4.79 Å². The zero-order valence-electron chi connectivity index (χ0n) is 18.7. The zero-order chi connectivity index (χ0) is 22.8. The molecule has 0 aromatic carbocycles. The minimum absolute atomic E-state index is 0.281. The highest BCUT2D eigenvalue weighted by atomic mass is 16.1. The smallest absolute Gasteiger partial charge is 0.250 e. The summed E-state index contributed by atoms with van der Waals surface area (Å²) in [6.45, 7) is 3.72. The van der Waals surface area contributed by atoms with Gasteiger partial charge in [-0.1, -0.05) is 12.5 Å². The molecule has 0 bridgehead atoms. The van der Waals surface area contributed by atoms with Crippen molar-refractivity contribution >= 4 is 17.2 Å². The molecule has 3 aromatic rings. The van der Waals surface area contributed by atoms with Crippen LogP contribution in [-0.2, 0) is 6.54 Å². The van der Waals surface area contributed by atoms with Crippen LogP contribution in [0.1, 0.15) is 65.3 Å². The van der Waals surface area contributed by atoms with Crippen LogP contribution in [0.15, 0.2) is 36.8 Å². The lowest BCUT2D eigenvalue weighted by atomic mass is 9.85. The van der Waals surface area contributed by atoms with Crippen molar-refractivity contribution in [2.24, 2.45) is 11.7 Å². The maximum Gasteiger partial charge on any atom is 0.250 e. The van der Waals surface area contributed by atoms with Crippen LogP contribution in [0.2, 0.25) is 0 Å². The van der Waals surface area contributed by atoms with Gasteiger partial charge in [0.25, 0.3) is 5.91 Å². The number of fused-ring (bicyclic) bond motifs is 1. The standard InChI is InChI=1S/C25H29N7O/c26-11-21(24-20(25(27)33)10-19(14-29-24)31-8-1-2-9-31)22-16-32-15-18(6-7-23(32)30-22)13-28-12-17-4-3-5-17/h6-7,10,14-17,21,28H,1-5,8-9,12-13H2,(H2,27,33). The van der Waals surface area contributed by atoms with E-state index in [0.717, 1.165) is 61.8 Å². The number of pyridine rings is 2. The highest BCUT2D eigenvalue weighted by Gasteiger charge is 2.26. The molecule has 2 fully saturated rings. The number of hydrogen-bond donors (Lipinski definition) is 2. The second-order valence-electron chi connectivity index (χ2n) is 9.14. The Morgan fingerprint density at radius 2 is 2.06 bits per heavy atom. The van der Waals surface area contributed by atoms with Gasteiger partial charge in [-0.2, -0.15) is 5.26 Å². The first-order valence-electron chi connectivity index (χ1n) is 11.7. The second kappa shape index (κ2) is 9.20. The summed E-state index contributed by atoms with van der Waals surface area (Å²) in [5.74, 6) is -0.545. The largest absolute Gasteiger partial charge is 0.370 e. The van der Waals surface area contributed by atoms with Gasteiger partial charge in [0.05, 0.1) is 34.9 Å². The lowest BCUT2D eigenvalue weighted by Crippen LogP contribution is -2.26. The molecule has 8 nitrogen and oxygen atoms in total. The summed E-state index contributed by atoms with van der Waals surface area (Å²) >= 11 is 0. The van der Waals surface area contributed by atoms with Crippen molar-refractivity contribution in [3.63, 3.8) is 0 Å². The molecule has 0 spiro atoms. The van der Waals surface area contributed by atoms with E-state index >= 15 is 0 Å². The van der Waals surface area contributed by atoms with Gasteiger partial charge in [-0.3, -0.25) is 9.78 Å². The summed E-state index contributed by atoms with van der Waals surface area (Å²) in [5.41, 5.74) is 9.67. The molecule has 5 rings (SSSR count). The van der Waals surface area contributed by atoms with Crippen LogP contribution in [0.3, 0.4) is 0 Å². The third-order valence-electron chi connectivity index (χ3n) is 6.86. The number of anilines is 1. The number of nitrogens with two attached hydrogens (primary N) is 1. The summed E-state index contributed by atoms with van der Waals surface area (Å²) in [5, 5.41) is 13.5. The number of aromatic nitrogens is 3. The number of imidazole rings is 1. The first-order chi connectivity index (χ1) is 16.1. The Morgan fingerprint density at radius 1 is 1.24 bits per heavy atom. The van der Waals surface area contributed by atoms with Crippen molar-refractivity contribution in [2.75, 3.05) is 24.5 Å². The lowest BCUT2D eigenvalue weighted by Gasteiger charge is -2.25. The maximum atomic E-state index is 12.3. The quantitative estimate of drug-likeness (QED) is 0.553. The van der Waals surface area contributed by atoms with Crippen LogP contribution >= 0.6 is 0 Å². The molecule has 1 saturated carbocycles. The van der Waals surface area contributed by atoms with Crippen LogP contribution < -0.4 is 16.0 Å². The molecule has 1 amide bonds. The predicted molar refractivity (Wildman–Crippen MR) is 126 cm³/mol. The van der Waals surface area contributed by atoms with E-state index in [4.69, 9.17) is 5.73 Å². The fourth-order valence-electron chi connectivity index (χ4n) is 4.73. The molecule has 0 radical (unpaired) electrons. The molecule has 1 atom stereocenters. The number of carbonyl (C=O) groups is 1. The van der Waals surface area contributed by atoms with Crippen molar-refractivity contribution in [3.8, 4) is 6.07 Å². The SMILES string of the molecule is N#CC(c1cn2cc(CNCC3CCC3)ccc2n1)c1ncc(N2CCCC2)cc1C(N)=O. The van der Waals surface area contributed by atoms with E-state index in [2.05, 4.69) is 32.3 Å². The lowest BCUT2D eigenvalue weighted by molar-refractivity contribution is 0.0999. The fraction of sp³-hybridized carbons (Fsp3) is 0.440. The number of primary amides is 1. The molecule has 1 aliphatic heterocycles. The van der Waals surface area contributed by atoms with E-state index < -0.39 is 11.8 Å². The van der Waals surface area contributed by atoms with Gasteiger partial charge in [0.2, 0.25) is 0 Å². The van der Waals surface area contributed by atoms with Crippen LogP contribution in [0, 0.1) is 17.2 Å². The Bertz CT molecular complexity index is 1200. The first kappa shape index (κ1) is 21.4. The van der Waals surface area contributed by atoms with Gasteiger partial charge >= 0.3 is 0 Å². The Labute approximate surface area is 193 Å². The molecule has 3 aromatic heterocycles. The molecule has 3 N–H and O–H groups in total. The van der Waals surface area contributed by atoms with Crippen LogP contribution in [0.5, 0.6) is 0 Å². The summed E-state index contributed by atoms with van der Waals surface area (Å²) in [4.78, 5) is 23.6. The average molecular weight is 444 g/mol. The third-order valence-corrected chi connectivity index (χ3v) is 6.86. The third kappa shape index (κ3) is 4.41. The van der Waals surface area contributed by atoms with Crippen molar-refractivity contribution in [3.05, 3.63) is 59.3 Å². The van der Waals surface area contributed by atoms with Gasteiger partial charge in [0.1, 0.15) is 11.6 Å². The van der Waals surface area contributed by atoms with Gasteiger partial charge in [-0.15, -0.1) is 0 Å². The van der Waals surface area contributed by atoms with Gasteiger partial charge in [0, 0.05) is 32.0 Å². The fourth-order valence-corrected chi connectivity index (χ4v) is 4.73. The number of hydrogen-bond acceptors (Lipinski definition) is 6. The van der Waals surface area contributed by atoms with E-state index in [1.807, 2.05) is 22.9 Å². The highest BCUT2D eigenvalue weighted by Crippen LogP contribution is 2.29. The average Bonchev–Trinajstić information content (AvgIpc) is 3.46. The normalized spacial score (nSPS) is 17.1. The molecule has 2 aliphatic rings. The Kier molecular flexibility index (Phi) is 5.97. The van der Waals surface area contributed by atoms with Crippen LogP contribution in [0.25, 0.3) is 5.65 Å². The number of nitrogens with zero attached hydrogens (tertiary/aromatic N) is 5. The number of carbonyl (C=O) groups excluding carboxylic acids is 1. The minimum Gasteiger partial charge on any atom is -0.370 e. The van der Waals surface area contributed by atoms with Gasteiger partial charge in [0.15, 0.2) is 0 Å². The molecule has 4 heterocycles. The van der Waals surface area contributed by atoms with Crippen molar-refractivity contribution in [1.29, 1.82) is 5.26 Å². The zero-order valence-corrected chi connectivity index (χ0v) is 18.7. The van der Waals surface area contributed by atoms with E-state index in [1.54, 1.807) is 12.3 Å². The van der Waals surface area contributed by atoms with Gasteiger partial charge in [-0.05, 0) is 55.8 Å². The summed E-state index contributed by atoms with van der Waals surface area (Å²) in [6.07, 6.45) is 11.9. The van der Waals surface area contributed by atoms with Gasteiger partial charge in [-0.25, -0.2) is 4.98 Å². The monoisotopic (exact) mass is 443 g/mol. The predicted octanol–water partition coefficient (Wildman–Crippen LogP) is 2.97. The number of rotatable bonds is 8. The van der Waals surface area contributed by atoms with E-state index in [0.29, 0.717) is 11.4 Å². The molecular formula is C25H29N7O. The number of amides is 1. The van der Waals surface area contributed by atoms with Crippen LogP contribution in [0.4, 0.5) is 5.69 Å². The van der Waals surface area contributed by atoms with Crippen molar-refractivity contribution in [1.82, 2.24) is 19.7 Å². The van der Waals surface area contributed by atoms with Gasteiger partial charge < -0.3 is 20.4 Å². The Balaban J connectivity index is 1.40. The number of nitrogens with one attached hydrogen (secondary N) is 1. The Morgan fingerprint density at radius 3 is 2.76 bits per heavy atom. The highest BCUT2D eigenvalue weighted by molar-refractivity contribution is 5.95. The van der Waals surface area contributed by atoms with Crippen molar-refractivity contribution in [2.45, 2.75) is 44.6 Å². The van der Waals surface area contributed by atoms with E-state index in [9.17, 15) is 10.1 Å². The summed E-state index contributed by atoms with van der Waals surface area (Å²) < 4.78 is 1.93. The molecule has 1 aliphatic carbocycles. The number of nitriles is 1. The van der Waals surface area contributed by atoms with Crippen LogP contribution in [-0.4, -0.2) is 39.9 Å². The minimum atomic E-state index is -0.778. The summed E-state index contributed by atoms with van der Waals surface area (Å²) in [6, 6.07) is 8.06. The molecule has 170 valence electrons. The maximum absolute atomic E-state index is 12.3. The summed E-state index contributed by atoms with van der Waals surface area (Å²) in [7, 11) is 0. The second-order valence-corrected chi connectivity index (χ2v) is 9.14. The van der Waals surface area contributed by atoms with E-state index in [1.165, 1.54) is 19.3 Å². The topological polar surface area (TPSA) is 112 Å². The van der Waals surface area contributed by atoms with E-state index in [-0.39, 0.29) is 5.56 Å². The molecule has 33 heavy (non-hydrogen) atoms.